The molecule has 2 N–H and O–H groups in total. The minimum absolute atomic E-state index is 0.505. The van der Waals surface area contributed by atoms with E-state index in [1.807, 2.05) is 35.0 Å². The average molecular weight is 375 g/mol. The number of rotatable bonds is 4. The number of benzene rings is 1. The first kappa shape index (κ1) is 17.1. The highest BCUT2D eigenvalue weighted by molar-refractivity contribution is 5.90. The molecule has 3 heterocycles. The van der Waals surface area contributed by atoms with E-state index in [2.05, 4.69) is 34.3 Å². The van der Waals surface area contributed by atoms with Crippen LogP contribution in [0, 0.1) is 5.92 Å². The molecule has 0 aliphatic heterocycles. The summed E-state index contributed by atoms with van der Waals surface area (Å²) in [6.45, 7) is 2.34. The third kappa shape index (κ3) is 2.99. The minimum Gasteiger partial charge on any atom is -0.495 e. The van der Waals surface area contributed by atoms with E-state index < -0.39 is 0 Å². The topological polar surface area (TPSA) is 67.2 Å². The summed E-state index contributed by atoms with van der Waals surface area (Å²) in [5.41, 5.74) is 3.74. The summed E-state index contributed by atoms with van der Waals surface area (Å²) in [5.74, 6) is 2.58. The first-order chi connectivity index (χ1) is 13.7. The SMILES string of the molecule is COc1cccc2cc(-c3cnc4ccc(NC5CCC(C)CC5)nn34)[nH]c12. The molecule has 0 radical (unpaired) electrons. The second kappa shape index (κ2) is 6.86. The van der Waals surface area contributed by atoms with E-state index in [4.69, 9.17) is 9.84 Å². The van der Waals surface area contributed by atoms with Crippen LogP contribution in [-0.2, 0) is 0 Å². The first-order valence-electron chi connectivity index (χ1n) is 9.98. The Balaban J connectivity index is 1.50. The molecule has 0 unspecified atom stereocenters. The molecule has 6 nitrogen and oxygen atoms in total. The van der Waals surface area contributed by atoms with E-state index in [0.717, 1.165) is 45.4 Å². The van der Waals surface area contributed by atoms with Crippen LogP contribution in [0.1, 0.15) is 32.6 Å². The van der Waals surface area contributed by atoms with Gasteiger partial charge in [0.15, 0.2) is 5.65 Å². The lowest BCUT2D eigenvalue weighted by molar-refractivity contribution is 0.360. The van der Waals surface area contributed by atoms with Gasteiger partial charge >= 0.3 is 0 Å². The molecule has 5 rings (SSSR count). The highest BCUT2D eigenvalue weighted by Gasteiger charge is 2.19. The van der Waals surface area contributed by atoms with Crippen LogP contribution in [0.3, 0.4) is 0 Å². The number of para-hydroxylation sites is 1. The molecule has 6 heteroatoms. The van der Waals surface area contributed by atoms with E-state index in [1.54, 1.807) is 7.11 Å². The number of aromatic amines is 1. The van der Waals surface area contributed by atoms with Gasteiger partial charge in [-0.05, 0) is 55.9 Å². The Bertz CT molecular complexity index is 1120. The maximum Gasteiger partial charge on any atom is 0.154 e. The molecule has 0 saturated heterocycles. The molecule has 144 valence electrons. The van der Waals surface area contributed by atoms with Crippen LogP contribution in [-0.4, -0.2) is 32.7 Å². The normalized spacial score (nSPS) is 19.9. The molecular formula is C22H25N5O. The molecule has 0 atom stereocenters. The lowest BCUT2D eigenvalue weighted by atomic mass is 9.87. The molecule has 0 spiro atoms. The van der Waals surface area contributed by atoms with Gasteiger partial charge in [-0.1, -0.05) is 19.1 Å². The van der Waals surface area contributed by atoms with Crippen LogP contribution < -0.4 is 10.1 Å². The van der Waals surface area contributed by atoms with Gasteiger partial charge in [-0.25, -0.2) is 9.50 Å². The Labute approximate surface area is 163 Å². The number of imidazole rings is 1. The van der Waals surface area contributed by atoms with Crippen molar-refractivity contribution in [2.75, 3.05) is 12.4 Å². The molecule has 0 bridgehead atoms. The number of hydrogen-bond donors (Lipinski definition) is 2. The van der Waals surface area contributed by atoms with Gasteiger partial charge < -0.3 is 15.0 Å². The van der Waals surface area contributed by atoms with E-state index >= 15 is 0 Å². The van der Waals surface area contributed by atoms with Crippen molar-refractivity contribution in [3.8, 4) is 17.1 Å². The first-order valence-corrected chi connectivity index (χ1v) is 9.98. The van der Waals surface area contributed by atoms with Gasteiger partial charge in [-0.2, -0.15) is 0 Å². The largest absolute Gasteiger partial charge is 0.495 e. The molecule has 1 saturated carbocycles. The third-order valence-electron chi connectivity index (χ3n) is 5.84. The fraction of sp³-hybridized carbons (Fsp3) is 0.364. The van der Waals surface area contributed by atoms with Crippen molar-refractivity contribution >= 4 is 22.4 Å². The zero-order valence-electron chi connectivity index (χ0n) is 16.3. The lowest BCUT2D eigenvalue weighted by Crippen LogP contribution is -2.25. The lowest BCUT2D eigenvalue weighted by Gasteiger charge is -2.27. The third-order valence-corrected chi connectivity index (χ3v) is 5.84. The van der Waals surface area contributed by atoms with E-state index in [9.17, 15) is 0 Å². The van der Waals surface area contributed by atoms with Crippen molar-refractivity contribution < 1.29 is 4.74 Å². The summed E-state index contributed by atoms with van der Waals surface area (Å²) in [7, 11) is 1.69. The number of hydrogen-bond acceptors (Lipinski definition) is 4. The van der Waals surface area contributed by atoms with Crippen molar-refractivity contribution in [1.82, 2.24) is 19.6 Å². The number of methoxy groups -OCH3 is 1. The van der Waals surface area contributed by atoms with Crippen LogP contribution >= 0.6 is 0 Å². The van der Waals surface area contributed by atoms with Gasteiger partial charge in [-0.15, -0.1) is 5.10 Å². The number of anilines is 1. The van der Waals surface area contributed by atoms with Crippen LogP contribution in [0.15, 0.2) is 42.6 Å². The minimum atomic E-state index is 0.505. The van der Waals surface area contributed by atoms with Crippen molar-refractivity contribution in [3.05, 3.63) is 42.6 Å². The summed E-state index contributed by atoms with van der Waals surface area (Å²) < 4.78 is 7.39. The predicted molar refractivity (Wildman–Crippen MR) is 112 cm³/mol. The molecule has 3 aromatic heterocycles. The molecule has 1 aromatic carbocycles. The second-order valence-corrected chi connectivity index (χ2v) is 7.84. The molecule has 1 fully saturated rings. The second-order valence-electron chi connectivity index (χ2n) is 7.84. The number of nitrogens with zero attached hydrogens (tertiary/aromatic N) is 3. The summed E-state index contributed by atoms with van der Waals surface area (Å²) in [6, 6.07) is 12.7. The monoisotopic (exact) mass is 375 g/mol. The van der Waals surface area contributed by atoms with E-state index in [-0.39, 0.29) is 0 Å². The standard InChI is InChI=1S/C22H25N5O/c1-14-6-8-16(9-7-14)24-20-10-11-21-23-13-18(27(21)26-20)17-12-15-4-3-5-19(28-2)22(15)25-17/h3-5,10-14,16,25H,6-9H2,1-2H3,(H,24,26). The number of fused-ring (bicyclic) bond motifs is 2. The van der Waals surface area contributed by atoms with Crippen molar-refractivity contribution in [2.24, 2.45) is 5.92 Å². The number of ether oxygens (including phenoxy) is 1. The van der Waals surface area contributed by atoms with Gasteiger partial charge in [0.25, 0.3) is 0 Å². The van der Waals surface area contributed by atoms with Crippen molar-refractivity contribution in [2.45, 2.75) is 38.6 Å². The Morgan fingerprint density at radius 3 is 2.82 bits per heavy atom. The quantitative estimate of drug-likeness (QED) is 0.534. The maximum atomic E-state index is 5.48. The van der Waals surface area contributed by atoms with E-state index in [1.165, 1.54) is 25.7 Å². The van der Waals surface area contributed by atoms with Crippen LogP contribution in [0.25, 0.3) is 27.9 Å². The Kier molecular flexibility index (Phi) is 4.19. The maximum absolute atomic E-state index is 5.48. The van der Waals surface area contributed by atoms with Crippen LogP contribution in [0.5, 0.6) is 5.75 Å². The van der Waals surface area contributed by atoms with Crippen molar-refractivity contribution in [3.63, 3.8) is 0 Å². The molecule has 28 heavy (non-hydrogen) atoms. The molecule has 0 amide bonds. The fourth-order valence-electron chi connectivity index (χ4n) is 4.18. The molecule has 1 aliphatic rings. The summed E-state index contributed by atoms with van der Waals surface area (Å²) in [6.07, 6.45) is 6.85. The number of aromatic nitrogens is 4. The van der Waals surface area contributed by atoms with Gasteiger partial charge in [0.2, 0.25) is 0 Å². The molecular weight excluding hydrogens is 350 g/mol. The predicted octanol–water partition coefficient (Wildman–Crippen LogP) is 4.88. The molecule has 1 aliphatic carbocycles. The average Bonchev–Trinajstić information content (AvgIpc) is 3.33. The smallest absolute Gasteiger partial charge is 0.154 e. The summed E-state index contributed by atoms with van der Waals surface area (Å²) in [4.78, 5) is 8.00. The van der Waals surface area contributed by atoms with Gasteiger partial charge in [-0.3, -0.25) is 0 Å². The summed E-state index contributed by atoms with van der Waals surface area (Å²) in [5, 5.41) is 9.55. The zero-order valence-corrected chi connectivity index (χ0v) is 16.3. The fourth-order valence-corrected chi connectivity index (χ4v) is 4.18. The van der Waals surface area contributed by atoms with Gasteiger partial charge in [0, 0.05) is 11.4 Å². The molecule has 4 aromatic rings. The Morgan fingerprint density at radius 2 is 2.00 bits per heavy atom. The zero-order chi connectivity index (χ0) is 19.1. The highest BCUT2D eigenvalue weighted by Crippen LogP contribution is 2.30. The number of H-pyrrole nitrogens is 1. The van der Waals surface area contributed by atoms with E-state index in [0.29, 0.717) is 6.04 Å². The Hall–Kier alpha value is -3.02. The van der Waals surface area contributed by atoms with Gasteiger partial charge in [0.1, 0.15) is 17.3 Å². The van der Waals surface area contributed by atoms with Crippen molar-refractivity contribution in [1.29, 1.82) is 0 Å². The number of nitrogens with one attached hydrogen (secondary N) is 2. The summed E-state index contributed by atoms with van der Waals surface area (Å²) >= 11 is 0. The van der Waals surface area contributed by atoms with Gasteiger partial charge in [0.05, 0.1) is 24.5 Å². The van der Waals surface area contributed by atoms with Crippen LogP contribution in [0.4, 0.5) is 5.82 Å². The Morgan fingerprint density at radius 1 is 1.14 bits per heavy atom. The highest BCUT2D eigenvalue weighted by atomic mass is 16.5. The van der Waals surface area contributed by atoms with Crippen LogP contribution in [0.2, 0.25) is 0 Å².